The zero-order valence-corrected chi connectivity index (χ0v) is 19.7. The molecule has 0 unspecified atom stereocenters. The quantitative estimate of drug-likeness (QED) is 0.316. The van der Waals surface area contributed by atoms with Crippen LogP contribution in [-0.2, 0) is 17.9 Å². The summed E-state index contributed by atoms with van der Waals surface area (Å²) >= 11 is 9.71. The Labute approximate surface area is 188 Å². The monoisotopic (exact) mass is 483 g/mol. The Morgan fingerprint density at radius 2 is 1.79 bits per heavy atom. The van der Waals surface area contributed by atoms with E-state index in [2.05, 4.69) is 28.2 Å². The third kappa shape index (κ3) is 8.95. The maximum Gasteiger partial charge on any atom is 0.162 e. The first kappa shape index (κ1) is 24.0. The van der Waals surface area contributed by atoms with Gasteiger partial charge in [0.2, 0.25) is 0 Å². The molecule has 0 amide bonds. The summed E-state index contributed by atoms with van der Waals surface area (Å²) in [6, 6.07) is 11.7. The molecule has 4 nitrogen and oxygen atoms in total. The van der Waals surface area contributed by atoms with Gasteiger partial charge in [-0.05, 0) is 61.7 Å². The van der Waals surface area contributed by atoms with Crippen molar-refractivity contribution in [3.05, 3.63) is 57.0 Å². The van der Waals surface area contributed by atoms with E-state index >= 15 is 0 Å². The molecule has 0 aliphatic rings. The zero-order valence-electron chi connectivity index (χ0n) is 17.3. The van der Waals surface area contributed by atoms with Gasteiger partial charge in [0.05, 0.1) is 6.61 Å². The normalized spacial score (nSPS) is 10.9. The van der Waals surface area contributed by atoms with E-state index in [-0.39, 0.29) is 0 Å². The summed E-state index contributed by atoms with van der Waals surface area (Å²) in [5, 5.41) is 4.17. The van der Waals surface area contributed by atoms with Crippen LogP contribution in [0.3, 0.4) is 0 Å². The number of ether oxygens (including phenoxy) is 3. The van der Waals surface area contributed by atoms with E-state index in [1.165, 1.54) is 6.42 Å². The number of benzene rings is 2. The Morgan fingerprint density at radius 1 is 1.00 bits per heavy atom. The minimum absolute atomic E-state index is 0.433. The van der Waals surface area contributed by atoms with Crippen LogP contribution in [-0.4, -0.2) is 26.4 Å². The van der Waals surface area contributed by atoms with Gasteiger partial charge in [-0.2, -0.15) is 0 Å². The summed E-state index contributed by atoms with van der Waals surface area (Å²) in [6.45, 7) is 8.48. The first-order valence-corrected chi connectivity index (χ1v) is 11.4. The van der Waals surface area contributed by atoms with Crippen molar-refractivity contribution in [1.29, 1.82) is 0 Å². The van der Waals surface area contributed by atoms with Gasteiger partial charge in [-0.1, -0.05) is 53.0 Å². The Kier molecular flexibility index (Phi) is 11.5. The minimum Gasteiger partial charge on any atom is -0.490 e. The molecule has 0 radical (unpaired) electrons. The van der Waals surface area contributed by atoms with Gasteiger partial charge in [-0.15, -0.1) is 0 Å². The van der Waals surface area contributed by atoms with Crippen molar-refractivity contribution in [1.82, 2.24) is 5.32 Å². The highest BCUT2D eigenvalue weighted by Gasteiger charge is 2.11. The largest absolute Gasteiger partial charge is 0.490 e. The van der Waals surface area contributed by atoms with E-state index < -0.39 is 0 Å². The fourth-order valence-electron chi connectivity index (χ4n) is 2.75. The van der Waals surface area contributed by atoms with Gasteiger partial charge >= 0.3 is 0 Å². The maximum absolute atomic E-state index is 6.05. The van der Waals surface area contributed by atoms with Gasteiger partial charge in [-0.3, -0.25) is 0 Å². The lowest BCUT2D eigenvalue weighted by atomic mass is 10.2. The van der Waals surface area contributed by atoms with Crippen molar-refractivity contribution in [3.63, 3.8) is 0 Å². The summed E-state index contributed by atoms with van der Waals surface area (Å²) in [4.78, 5) is 0. The number of rotatable bonds is 14. The van der Waals surface area contributed by atoms with Gasteiger partial charge < -0.3 is 19.5 Å². The fourth-order valence-corrected chi connectivity index (χ4v) is 3.43. The summed E-state index contributed by atoms with van der Waals surface area (Å²) in [5.41, 5.74) is 2.15. The molecule has 0 aromatic heterocycles. The molecule has 1 N–H and O–H groups in total. The average molecular weight is 485 g/mol. The molecule has 2 aromatic carbocycles. The van der Waals surface area contributed by atoms with E-state index in [9.17, 15) is 0 Å². The predicted octanol–water partition coefficient (Wildman–Crippen LogP) is 6.38. The standard InChI is InChI=1S/C23H31BrClNO3/c1-3-5-11-27-12-7-10-26-16-19-14-22(28-4-2)23(15-21(19)24)29-17-18-8-6-9-20(25)13-18/h6,8-9,13-15,26H,3-5,7,10-12,16-17H2,1-2H3. The Morgan fingerprint density at radius 3 is 2.55 bits per heavy atom. The molecule has 6 heteroatoms. The van der Waals surface area contributed by atoms with Crippen molar-refractivity contribution < 1.29 is 14.2 Å². The lowest BCUT2D eigenvalue weighted by Crippen LogP contribution is -2.17. The van der Waals surface area contributed by atoms with Crippen LogP contribution in [0.1, 0.15) is 44.2 Å². The van der Waals surface area contributed by atoms with Crippen molar-refractivity contribution >= 4 is 27.5 Å². The molecular weight excluding hydrogens is 454 g/mol. The third-order valence-electron chi connectivity index (χ3n) is 4.30. The number of hydrogen-bond donors (Lipinski definition) is 1. The predicted molar refractivity (Wildman–Crippen MR) is 123 cm³/mol. The molecule has 0 aliphatic carbocycles. The van der Waals surface area contributed by atoms with Crippen LogP contribution >= 0.6 is 27.5 Å². The van der Waals surface area contributed by atoms with Gasteiger partial charge in [0.15, 0.2) is 11.5 Å². The average Bonchev–Trinajstić information content (AvgIpc) is 2.71. The molecule has 29 heavy (non-hydrogen) atoms. The minimum atomic E-state index is 0.433. The molecule has 2 aromatic rings. The second-order valence-electron chi connectivity index (χ2n) is 6.74. The molecule has 0 bridgehead atoms. The van der Waals surface area contributed by atoms with Crippen LogP contribution in [0.2, 0.25) is 5.02 Å². The highest BCUT2D eigenvalue weighted by Crippen LogP contribution is 2.34. The van der Waals surface area contributed by atoms with E-state index in [1.807, 2.05) is 43.3 Å². The highest BCUT2D eigenvalue weighted by atomic mass is 79.9. The van der Waals surface area contributed by atoms with Crippen LogP contribution in [0.25, 0.3) is 0 Å². The molecule has 0 spiro atoms. The van der Waals surface area contributed by atoms with Crippen LogP contribution < -0.4 is 14.8 Å². The SMILES string of the molecule is CCCCOCCCNCc1cc(OCC)c(OCc2cccc(Cl)c2)cc1Br. The van der Waals surface area contributed by atoms with Gasteiger partial charge in [-0.25, -0.2) is 0 Å². The Balaban J connectivity index is 1.89. The van der Waals surface area contributed by atoms with Gasteiger partial charge in [0.1, 0.15) is 6.61 Å². The van der Waals surface area contributed by atoms with E-state index in [0.29, 0.717) is 24.0 Å². The van der Waals surface area contributed by atoms with Gasteiger partial charge in [0.25, 0.3) is 0 Å². The summed E-state index contributed by atoms with van der Waals surface area (Å²) in [6.07, 6.45) is 3.31. The molecule has 0 saturated carbocycles. The third-order valence-corrected chi connectivity index (χ3v) is 5.27. The molecular formula is C23H31BrClNO3. The first-order valence-electron chi connectivity index (χ1n) is 10.2. The molecule has 160 valence electrons. The highest BCUT2D eigenvalue weighted by molar-refractivity contribution is 9.10. The Hall–Kier alpha value is -1.27. The lowest BCUT2D eigenvalue weighted by Gasteiger charge is -2.16. The molecule has 0 fully saturated rings. The summed E-state index contributed by atoms with van der Waals surface area (Å²) in [7, 11) is 0. The fraction of sp³-hybridized carbons (Fsp3) is 0.478. The Bertz CT molecular complexity index is 742. The van der Waals surface area contributed by atoms with Crippen LogP contribution in [0, 0.1) is 0 Å². The van der Waals surface area contributed by atoms with Crippen molar-refractivity contribution in [3.8, 4) is 11.5 Å². The first-order chi connectivity index (χ1) is 14.1. The smallest absolute Gasteiger partial charge is 0.162 e. The summed E-state index contributed by atoms with van der Waals surface area (Å²) in [5.74, 6) is 1.46. The number of halogens is 2. The topological polar surface area (TPSA) is 39.7 Å². The number of hydrogen-bond acceptors (Lipinski definition) is 4. The maximum atomic E-state index is 6.05. The number of nitrogens with one attached hydrogen (secondary N) is 1. The van der Waals surface area contributed by atoms with Crippen molar-refractivity contribution in [2.45, 2.75) is 46.3 Å². The second-order valence-corrected chi connectivity index (χ2v) is 8.03. The molecule has 0 atom stereocenters. The molecule has 0 heterocycles. The molecule has 0 saturated heterocycles. The number of unbranched alkanes of at least 4 members (excludes halogenated alkanes) is 1. The van der Waals surface area contributed by atoms with Crippen molar-refractivity contribution in [2.24, 2.45) is 0 Å². The van der Waals surface area contributed by atoms with E-state index in [1.54, 1.807) is 0 Å². The summed E-state index contributed by atoms with van der Waals surface area (Å²) < 4.78 is 18.4. The van der Waals surface area contributed by atoms with E-state index in [0.717, 1.165) is 60.5 Å². The molecule has 0 aliphatic heterocycles. The molecule has 2 rings (SSSR count). The van der Waals surface area contributed by atoms with Crippen LogP contribution in [0.15, 0.2) is 40.9 Å². The van der Waals surface area contributed by atoms with E-state index in [4.69, 9.17) is 25.8 Å². The van der Waals surface area contributed by atoms with Gasteiger partial charge in [0, 0.05) is 29.3 Å². The van der Waals surface area contributed by atoms with Crippen LogP contribution in [0.5, 0.6) is 11.5 Å². The van der Waals surface area contributed by atoms with Crippen LogP contribution in [0.4, 0.5) is 0 Å². The lowest BCUT2D eigenvalue weighted by molar-refractivity contribution is 0.128. The second kappa shape index (κ2) is 13.9. The van der Waals surface area contributed by atoms with Crippen molar-refractivity contribution in [2.75, 3.05) is 26.4 Å². The zero-order chi connectivity index (χ0) is 20.9.